The van der Waals surface area contributed by atoms with Crippen LogP contribution >= 0.6 is 0 Å². The van der Waals surface area contributed by atoms with Crippen LogP contribution in [-0.2, 0) is 14.3 Å². The van der Waals surface area contributed by atoms with E-state index in [-0.39, 0.29) is 11.9 Å². The lowest BCUT2D eigenvalue weighted by Gasteiger charge is -2.23. The molecule has 0 bridgehead atoms. The molecule has 0 spiro atoms. The average Bonchev–Trinajstić information content (AvgIpc) is 2.50. The normalized spacial score (nSPS) is 24.1. The van der Waals surface area contributed by atoms with Gasteiger partial charge in [-0.25, -0.2) is 4.79 Å². The first-order chi connectivity index (χ1) is 8.46. The second-order valence-corrected chi connectivity index (χ2v) is 5.53. The highest BCUT2D eigenvalue weighted by Gasteiger charge is 2.26. The summed E-state index contributed by atoms with van der Waals surface area (Å²) in [6, 6.07) is 0. The summed E-state index contributed by atoms with van der Waals surface area (Å²) in [5.41, 5.74) is 0.934. The Morgan fingerprint density at radius 1 is 1.56 bits per heavy atom. The number of carbonyl (C=O) groups excluding carboxylic acids is 1. The molecule has 2 aliphatic heterocycles. The maximum atomic E-state index is 11.9. The van der Waals surface area contributed by atoms with Crippen molar-refractivity contribution in [3.8, 4) is 0 Å². The molecule has 100 valence electrons. The van der Waals surface area contributed by atoms with Crippen LogP contribution in [-0.4, -0.2) is 43.6 Å². The molecule has 0 aliphatic carbocycles. The van der Waals surface area contributed by atoms with Crippen molar-refractivity contribution < 1.29 is 14.3 Å². The molecule has 0 aromatic heterocycles. The zero-order chi connectivity index (χ0) is 13.2. The Bertz CT molecular complexity index is 394. The maximum Gasteiger partial charge on any atom is 0.357 e. The molecule has 1 saturated heterocycles. The number of nitrogens with one attached hydrogen (secondary N) is 1. The lowest BCUT2D eigenvalue weighted by atomic mass is 10.0. The third-order valence-electron chi connectivity index (χ3n) is 2.72. The number of ether oxygens (including phenoxy) is 2. The van der Waals surface area contributed by atoms with Gasteiger partial charge < -0.3 is 14.8 Å². The van der Waals surface area contributed by atoms with E-state index >= 15 is 0 Å². The second-order valence-electron chi connectivity index (χ2n) is 5.53. The van der Waals surface area contributed by atoms with Gasteiger partial charge in [0, 0.05) is 18.2 Å². The Kier molecular flexibility index (Phi) is 3.71. The number of fused-ring (bicyclic) bond motifs is 1. The van der Waals surface area contributed by atoms with Crippen molar-refractivity contribution in [2.45, 2.75) is 26.4 Å². The topological polar surface area (TPSA) is 59.9 Å². The number of rotatable bonds is 1. The minimum Gasteiger partial charge on any atom is -0.455 e. The molecule has 2 aliphatic rings. The fourth-order valence-electron chi connectivity index (χ4n) is 1.90. The Balaban J connectivity index is 2.07. The minimum absolute atomic E-state index is 0.235. The monoisotopic (exact) mass is 252 g/mol. The van der Waals surface area contributed by atoms with Crippen molar-refractivity contribution in [1.82, 2.24) is 5.32 Å². The number of aliphatic imine (C=N–C) groups is 1. The van der Waals surface area contributed by atoms with Crippen molar-refractivity contribution in [3.05, 3.63) is 11.8 Å². The summed E-state index contributed by atoms with van der Waals surface area (Å²) in [7, 11) is 0. The smallest absolute Gasteiger partial charge is 0.357 e. The summed E-state index contributed by atoms with van der Waals surface area (Å²) in [6.07, 6.45) is 1.79. The number of esters is 1. The van der Waals surface area contributed by atoms with E-state index in [2.05, 4.69) is 10.3 Å². The van der Waals surface area contributed by atoms with E-state index in [0.29, 0.717) is 25.5 Å². The van der Waals surface area contributed by atoms with Crippen LogP contribution in [0.2, 0.25) is 0 Å². The molecule has 18 heavy (non-hydrogen) atoms. The van der Waals surface area contributed by atoms with Gasteiger partial charge in [0.25, 0.3) is 0 Å². The Hall–Kier alpha value is -1.36. The highest BCUT2D eigenvalue weighted by atomic mass is 16.6. The van der Waals surface area contributed by atoms with Crippen LogP contribution < -0.4 is 5.32 Å². The molecule has 2 heterocycles. The van der Waals surface area contributed by atoms with Crippen LogP contribution in [0.4, 0.5) is 0 Å². The third kappa shape index (κ3) is 3.32. The molecule has 0 aromatic rings. The van der Waals surface area contributed by atoms with Gasteiger partial charge in [-0.05, 0) is 26.8 Å². The summed E-state index contributed by atoms with van der Waals surface area (Å²) >= 11 is 0. The molecular formula is C13H20N2O3. The van der Waals surface area contributed by atoms with E-state index in [1.54, 1.807) is 6.08 Å². The number of hydrogen-bond donors (Lipinski definition) is 1. The quantitative estimate of drug-likeness (QED) is 0.704. The minimum atomic E-state index is -0.491. The zero-order valence-corrected chi connectivity index (χ0v) is 11.2. The molecule has 1 N–H and O–H groups in total. The molecule has 1 unspecified atom stereocenters. The van der Waals surface area contributed by atoms with Gasteiger partial charge >= 0.3 is 5.97 Å². The highest BCUT2D eigenvalue weighted by Crippen LogP contribution is 2.18. The summed E-state index contributed by atoms with van der Waals surface area (Å²) in [6.45, 7) is 8.24. The summed E-state index contributed by atoms with van der Waals surface area (Å²) in [5.74, 6) is -0.126. The molecule has 2 rings (SSSR count). The van der Waals surface area contributed by atoms with Gasteiger partial charge in [0.2, 0.25) is 0 Å². The predicted octanol–water partition coefficient (Wildman–Crippen LogP) is 0.903. The summed E-state index contributed by atoms with van der Waals surface area (Å²) in [5, 5.41) is 3.28. The predicted molar refractivity (Wildman–Crippen MR) is 68.5 cm³/mol. The van der Waals surface area contributed by atoms with Gasteiger partial charge in [-0.15, -0.1) is 0 Å². The van der Waals surface area contributed by atoms with Gasteiger partial charge in [0.1, 0.15) is 11.3 Å². The van der Waals surface area contributed by atoms with Gasteiger partial charge in [-0.2, -0.15) is 0 Å². The first-order valence-corrected chi connectivity index (χ1v) is 6.27. The summed E-state index contributed by atoms with van der Waals surface area (Å²) in [4.78, 5) is 16.2. The molecule has 0 amide bonds. The van der Waals surface area contributed by atoms with Crippen LogP contribution in [0.3, 0.4) is 0 Å². The van der Waals surface area contributed by atoms with E-state index in [1.807, 2.05) is 20.8 Å². The van der Waals surface area contributed by atoms with Gasteiger partial charge in [0.05, 0.1) is 19.8 Å². The lowest BCUT2D eigenvalue weighted by Crippen LogP contribution is -2.33. The Morgan fingerprint density at radius 3 is 3.06 bits per heavy atom. The fourth-order valence-corrected chi connectivity index (χ4v) is 1.90. The van der Waals surface area contributed by atoms with E-state index in [4.69, 9.17) is 9.47 Å². The van der Waals surface area contributed by atoms with Crippen molar-refractivity contribution in [3.63, 3.8) is 0 Å². The van der Waals surface area contributed by atoms with E-state index < -0.39 is 5.60 Å². The van der Waals surface area contributed by atoms with Crippen molar-refractivity contribution in [1.29, 1.82) is 0 Å². The molecule has 1 atom stereocenters. The van der Waals surface area contributed by atoms with Crippen LogP contribution in [0.25, 0.3) is 0 Å². The largest absolute Gasteiger partial charge is 0.455 e. The van der Waals surface area contributed by atoms with Crippen molar-refractivity contribution >= 4 is 11.7 Å². The number of hydrogen-bond acceptors (Lipinski definition) is 5. The number of nitrogens with zero attached hydrogens (tertiary/aromatic N) is 1. The number of dihydropyridines is 1. The lowest BCUT2D eigenvalue weighted by molar-refractivity contribution is -0.146. The Morgan fingerprint density at radius 2 is 2.33 bits per heavy atom. The maximum absolute atomic E-state index is 11.9. The standard InChI is InChI=1S/C13H20N2O3/c1-13(2,3)18-12(16)11-6-10-9(7-15-11)8-17-5-4-14-10/h6,9,14H,4-5,7-8H2,1-3H3. The highest BCUT2D eigenvalue weighted by molar-refractivity contribution is 6.41. The fraction of sp³-hybridized carbons (Fsp3) is 0.692. The van der Waals surface area contributed by atoms with E-state index in [0.717, 1.165) is 12.2 Å². The van der Waals surface area contributed by atoms with Crippen molar-refractivity contribution in [2.75, 3.05) is 26.3 Å². The molecule has 0 aromatic carbocycles. The first kappa shape index (κ1) is 13.1. The van der Waals surface area contributed by atoms with Crippen LogP contribution in [0.5, 0.6) is 0 Å². The number of carbonyl (C=O) groups is 1. The van der Waals surface area contributed by atoms with Crippen molar-refractivity contribution in [2.24, 2.45) is 10.9 Å². The van der Waals surface area contributed by atoms with Gasteiger partial charge in [-0.3, -0.25) is 4.99 Å². The van der Waals surface area contributed by atoms with E-state index in [1.165, 1.54) is 0 Å². The molecule has 0 radical (unpaired) electrons. The zero-order valence-electron chi connectivity index (χ0n) is 11.2. The van der Waals surface area contributed by atoms with Gasteiger partial charge in [0.15, 0.2) is 0 Å². The van der Waals surface area contributed by atoms with Crippen LogP contribution in [0, 0.1) is 5.92 Å². The van der Waals surface area contributed by atoms with Crippen LogP contribution in [0.15, 0.2) is 16.8 Å². The van der Waals surface area contributed by atoms with E-state index in [9.17, 15) is 4.79 Å². The second kappa shape index (κ2) is 5.10. The van der Waals surface area contributed by atoms with Gasteiger partial charge in [-0.1, -0.05) is 0 Å². The molecular weight excluding hydrogens is 232 g/mol. The molecule has 0 saturated carbocycles. The molecule has 1 fully saturated rings. The Labute approximate surface area is 107 Å². The molecule has 5 heteroatoms. The SMILES string of the molecule is CC(C)(C)OC(=O)C1=NCC2COCCNC2=C1. The summed E-state index contributed by atoms with van der Waals surface area (Å²) < 4.78 is 10.8. The molecule has 5 nitrogen and oxygen atoms in total. The first-order valence-electron chi connectivity index (χ1n) is 6.27. The van der Waals surface area contributed by atoms with Crippen LogP contribution in [0.1, 0.15) is 20.8 Å². The average molecular weight is 252 g/mol. The third-order valence-corrected chi connectivity index (χ3v) is 2.72.